The van der Waals surface area contributed by atoms with Gasteiger partial charge in [0.25, 0.3) is 5.91 Å². The van der Waals surface area contributed by atoms with Crippen molar-refractivity contribution in [3.8, 4) is 5.75 Å². The maximum atomic E-state index is 14.6. The van der Waals surface area contributed by atoms with E-state index in [1.54, 1.807) is 19.1 Å². The average molecular weight is 376 g/mol. The van der Waals surface area contributed by atoms with Gasteiger partial charge in [-0.2, -0.15) is 0 Å². The van der Waals surface area contributed by atoms with E-state index < -0.39 is 29.4 Å². The van der Waals surface area contributed by atoms with E-state index in [-0.39, 0.29) is 16.5 Å². The summed E-state index contributed by atoms with van der Waals surface area (Å²) in [5.74, 6) is -4.22. The number of rotatable bonds is 3. The van der Waals surface area contributed by atoms with Crippen molar-refractivity contribution in [1.82, 2.24) is 4.57 Å². The van der Waals surface area contributed by atoms with Crippen LogP contribution in [0.1, 0.15) is 34.5 Å². The molecule has 0 aliphatic rings. The third-order valence-electron chi connectivity index (χ3n) is 4.43. The van der Waals surface area contributed by atoms with Gasteiger partial charge < -0.3 is 10.2 Å². The SMILES string of the molecule is Cc1c([C@@H](C)C(=O)O)c2c(F)c(O)ccc2n1C(=O)c1ccc(Cl)cc1. The summed E-state index contributed by atoms with van der Waals surface area (Å²) in [5, 5.41) is 19.5. The van der Waals surface area contributed by atoms with Crippen LogP contribution in [0.3, 0.4) is 0 Å². The fraction of sp³-hybridized carbons (Fsp3) is 0.158. The Morgan fingerprint density at radius 3 is 2.35 bits per heavy atom. The number of benzene rings is 2. The number of phenols is 1. The van der Waals surface area contributed by atoms with Crippen molar-refractivity contribution < 1.29 is 24.2 Å². The van der Waals surface area contributed by atoms with Crippen LogP contribution in [0.25, 0.3) is 10.9 Å². The zero-order valence-corrected chi connectivity index (χ0v) is 14.7. The second-order valence-electron chi connectivity index (χ2n) is 6.00. The van der Waals surface area contributed by atoms with Gasteiger partial charge in [-0.05, 0) is 55.8 Å². The molecule has 1 atom stereocenters. The summed E-state index contributed by atoms with van der Waals surface area (Å²) in [6, 6.07) is 8.72. The molecule has 0 unspecified atom stereocenters. The minimum atomic E-state index is -1.16. The molecule has 0 saturated heterocycles. The number of carbonyl (C=O) groups is 2. The highest BCUT2D eigenvalue weighted by Gasteiger charge is 2.29. The van der Waals surface area contributed by atoms with Crippen molar-refractivity contribution in [2.24, 2.45) is 0 Å². The van der Waals surface area contributed by atoms with E-state index in [0.717, 1.165) is 6.07 Å². The van der Waals surface area contributed by atoms with Crippen LogP contribution in [0.15, 0.2) is 36.4 Å². The number of aromatic nitrogens is 1. The molecule has 0 saturated carbocycles. The molecular formula is C19H15ClFNO4. The molecule has 26 heavy (non-hydrogen) atoms. The van der Waals surface area contributed by atoms with E-state index in [0.29, 0.717) is 16.3 Å². The van der Waals surface area contributed by atoms with Crippen LogP contribution in [0, 0.1) is 12.7 Å². The standard InChI is InChI=1S/C19H15ClFNO4/c1-9(19(25)26)15-10(2)22(13-7-8-14(23)17(21)16(13)15)18(24)11-3-5-12(20)6-4-11/h3-9,23H,1-2H3,(H,25,26)/t9-/m1/s1. The number of nitrogens with zero attached hydrogens (tertiary/aromatic N) is 1. The highest BCUT2D eigenvalue weighted by molar-refractivity contribution is 6.30. The van der Waals surface area contributed by atoms with E-state index in [1.165, 1.54) is 29.7 Å². The molecule has 0 aliphatic carbocycles. The van der Waals surface area contributed by atoms with E-state index in [9.17, 15) is 24.2 Å². The van der Waals surface area contributed by atoms with E-state index in [1.807, 2.05) is 0 Å². The first-order chi connectivity index (χ1) is 12.2. The highest BCUT2D eigenvalue weighted by atomic mass is 35.5. The summed E-state index contributed by atoms with van der Waals surface area (Å²) in [7, 11) is 0. The monoisotopic (exact) mass is 375 g/mol. The van der Waals surface area contributed by atoms with E-state index >= 15 is 0 Å². The zero-order chi connectivity index (χ0) is 19.2. The molecule has 2 N–H and O–H groups in total. The molecule has 0 spiro atoms. The van der Waals surface area contributed by atoms with Crippen LogP contribution in [0.2, 0.25) is 5.02 Å². The maximum absolute atomic E-state index is 14.6. The quantitative estimate of drug-likeness (QED) is 0.714. The number of carboxylic acids is 1. The van der Waals surface area contributed by atoms with Gasteiger partial charge in [0.2, 0.25) is 0 Å². The number of fused-ring (bicyclic) bond motifs is 1. The number of carbonyl (C=O) groups excluding carboxylic acids is 1. The Hall–Kier alpha value is -2.86. The minimum absolute atomic E-state index is 0.0697. The predicted molar refractivity (Wildman–Crippen MR) is 95.5 cm³/mol. The Morgan fingerprint density at radius 2 is 1.77 bits per heavy atom. The molecule has 0 radical (unpaired) electrons. The summed E-state index contributed by atoms with van der Waals surface area (Å²) in [4.78, 5) is 24.5. The van der Waals surface area contributed by atoms with Crippen molar-refractivity contribution in [2.45, 2.75) is 19.8 Å². The van der Waals surface area contributed by atoms with Crippen molar-refractivity contribution in [2.75, 3.05) is 0 Å². The molecule has 0 fully saturated rings. The van der Waals surface area contributed by atoms with Crippen molar-refractivity contribution in [1.29, 1.82) is 0 Å². The molecule has 1 heterocycles. The molecule has 134 valence electrons. The van der Waals surface area contributed by atoms with E-state index in [4.69, 9.17) is 11.6 Å². The van der Waals surface area contributed by atoms with Crippen LogP contribution >= 0.6 is 11.6 Å². The van der Waals surface area contributed by atoms with Gasteiger partial charge >= 0.3 is 5.97 Å². The Bertz CT molecular complexity index is 1040. The van der Waals surface area contributed by atoms with Crippen molar-refractivity contribution >= 4 is 34.4 Å². The van der Waals surface area contributed by atoms with Crippen LogP contribution in [0.4, 0.5) is 4.39 Å². The summed E-state index contributed by atoms with van der Waals surface area (Å²) in [6.07, 6.45) is 0. The molecule has 3 rings (SSSR count). The van der Waals surface area contributed by atoms with Gasteiger partial charge in [0, 0.05) is 21.7 Å². The first-order valence-electron chi connectivity index (χ1n) is 7.79. The largest absolute Gasteiger partial charge is 0.505 e. The van der Waals surface area contributed by atoms with Crippen molar-refractivity contribution in [3.05, 3.63) is 64.1 Å². The zero-order valence-electron chi connectivity index (χ0n) is 14.0. The Kier molecular flexibility index (Phi) is 4.46. The molecule has 0 amide bonds. The summed E-state index contributed by atoms with van der Waals surface area (Å²) in [6.45, 7) is 2.96. The second-order valence-corrected chi connectivity index (χ2v) is 6.44. The predicted octanol–water partition coefficient (Wildman–Crippen LogP) is 4.32. The van der Waals surface area contributed by atoms with Gasteiger partial charge in [0.1, 0.15) is 0 Å². The lowest BCUT2D eigenvalue weighted by atomic mass is 9.97. The van der Waals surface area contributed by atoms with Crippen LogP contribution in [-0.4, -0.2) is 26.7 Å². The Morgan fingerprint density at radius 1 is 1.15 bits per heavy atom. The first kappa shape index (κ1) is 17.9. The topological polar surface area (TPSA) is 79.5 Å². The molecule has 5 nitrogen and oxygen atoms in total. The van der Waals surface area contributed by atoms with Gasteiger partial charge in [0.05, 0.1) is 11.4 Å². The number of hydrogen-bond donors (Lipinski definition) is 2. The van der Waals surface area contributed by atoms with Gasteiger partial charge in [0.15, 0.2) is 11.6 Å². The summed E-state index contributed by atoms with van der Waals surface area (Å²) in [5.41, 5.74) is 0.973. The lowest BCUT2D eigenvalue weighted by molar-refractivity contribution is -0.138. The molecule has 0 bridgehead atoms. The van der Waals surface area contributed by atoms with Gasteiger partial charge in [-0.15, -0.1) is 0 Å². The Labute approximate surface area is 153 Å². The molecular weight excluding hydrogens is 361 g/mol. The molecule has 3 aromatic rings. The molecule has 1 aromatic heterocycles. The van der Waals surface area contributed by atoms with Crippen molar-refractivity contribution in [3.63, 3.8) is 0 Å². The summed E-state index contributed by atoms with van der Waals surface area (Å²) >= 11 is 5.85. The fourth-order valence-electron chi connectivity index (χ4n) is 3.12. The normalized spacial score (nSPS) is 12.3. The number of halogens is 2. The maximum Gasteiger partial charge on any atom is 0.310 e. The third kappa shape index (κ3) is 2.72. The van der Waals surface area contributed by atoms with Crippen LogP contribution < -0.4 is 0 Å². The van der Waals surface area contributed by atoms with E-state index in [2.05, 4.69) is 0 Å². The lowest BCUT2D eigenvalue weighted by Crippen LogP contribution is -2.15. The third-order valence-corrected chi connectivity index (χ3v) is 4.68. The van der Waals surface area contributed by atoms with Crippen LogP contribution in [-0.2, 0) is 4.79 Å². The number of phenolic OH excluding ortho intramolecular Hbond substituents is 1. The number of aromatic hydroxyl groups is 1. The average Bonchev–Trinajstić information content (AvgIpc) is 2.90. The number of aliphatic carboxylic acids is 1. The smallest absolute Gasteiger partial charge is 0.310 e. The molecule has 0 aliphatic heterocycles. The Balaban J connectivity index is 2.34. The summed E-state index contributed by atoms with van der Waals surface area (Å²) < 4.78 is 15.9. The lowest BCUT2D eigenvalue weighted by Gasteiger charge is -2.09. The van der Waals surface area contributed by atoms with Gasteiger partial charge in [-0.3, -0.25) is 14.2 Å². The van der Waals surface area contributed by atoms with Gasteiger partial charge in [-0.25, -0.2) is 4.39 Å². The molecule has 2 aromatic carbocycles. The van der Waals surface area contributed by atoms with Crippen LogP contribution in [0.5, 0.6) is 5.75 Å². The highest BCUT2D eigenvalue weighted by Crippen LogP contribution is 2.37. The fourth-order valence-corrected chi connectivity index (χ4v) is 3.24. The number of hydrogen-bond acceptors (Lipinski definition) is 3. The van der Waals surface area contributed by atoms with Gasteiger partial charge in [-0.1, -0.05) is 11.6 Å². The first-order valence-corrected chi connectivity index (χ1v) is 8.17. The molecule has 7 heteroatoms. The minimum Gasteiger partial charge on any atom is -0.505 e. The number of carboxylic acid groups (broad SMARTS) is 1. The second kappa shape index (κ2) is 6.46.